The summed E-state index contributed by atoms with van der Waals surface area (Å²) in [6.07, 6.45) is 14.8. The molecule has 6 atom stereocenters. The normalized spacial score (nSPS) is 43.2. The molecule has 2 radical (unpaired) electrons. The second-order valence-corrected chi connectivity index (χ2v) is 9.94. The van der Waals surface area contributed by atoms with Crippen molar-refractivity contribution < 1.29 is 5.11 Å². The van der Waals surface area contributed by atoms with Crippen LogP contribution in [0.1, 0.15) is 64.4 Å². The van der Waals surface area contributed by atoms with Gasteiger partial charge in [-0.05, 0) is 90.3 Å². The van der Waals surface area contributed by atoms with E-state index in [-0.39, 0.29) is 11.5 Å². The van der Waals surface area contributed by atoms with E-state index in [2.05, 4.69) is 37.0 Å². The van der Waals surface area contributed by atoms with E-state index in [0.29, 0.717) is 11.0 Å². The number of nitrogens with zero attached hydrogens (tertiary/aromatic N) is 1. The molecule has 5 rings (SSSR count). The number of allylic oxidation sites excluding steroid dienone is 3. The first-order valence-corrected chi connectivity index (χ1v) is 10.7. The molecular formula is C24H30BNO. The highest BCUT2D eigenvalue weighted by atomic mass is 16.3. The van der Waals surface area contributed by atoms with Crippen molar-refractivity contribution in [2.24, 2.45) is 28.6 Å². The fraction of sp³-hybridized carbons (Fsp3) is 0.625. The third-order valence-corrected chi connectivity index (χ3v) is 8.76. The van der Waals surface area contributed by atoms with Crippen LogP contribution in [0.15, 0.2) is 36.1 Å². The van der Waals surface area contributed by atoms with Crippen LogP contribution in [0.2, 0.25) is 0 Å². The molecule has 0 bridgehead atoms. The largest absolute Gasteiger partial charge is 0.393 e. The van der Waals surface area contributed by atoms with Gasteiger partial charge in [0.25, 0.3) is 0 Å². The Balaban J connectivity index is 1.46. The van der Waals surface area contributed by atoms with Gasteiger partial charge in [0.05, 0.1) is 6.10 Å². The Bertz CT molecular complexity index is 812. The molecule has 2 saturated carbocycles. The summed E-state index contributed by atoms with van der Waals surface area (Å²) in [7, 11) is 5.81. The maximum absolute atomic E-state index is 10.2. The fourth-order valence-electron chi connectivity index (χ4n) is 7.22. The molecule has 1 aromatic rings. The van der Waals surface area contributed by atoms with Crippen LogP contribution in [0.5, 0.6) is 0 Å². The second kappa shape index (κ2) is 6.07. The number of pyridine rings is 1. The van der Waals surface area contributed by atoms with Crippen LogP contribution in [-0.2, 0) is 0 Å². The van der Waals surface area contributed by atoms with Crippen LogP contribution in [0, 0.1) is 28.6 Å². The van der Waals surface area contributed by atoms with Gasteiger partial charge in [0.2, 0.25) is 0 Å². The molecule has 4 aliphatic rings. The van der Waals surface area contributed by atoms with E-state index >= 15 is 0 Å². The van der Waals surface area contributed by atoms with Crippen molar-refractivity contribution in [3.05, 3.63) is 41.6 Å². The summed E-state index contributed by atoms with van der Waals surface area (Å²) >= 11 is 0. The van der Waals surface area contributed by atoms with Crippen molar-refractivity contribution in [3.8, 4) is 0 Å². The summed E-state index contributed by atoms with van der Waals surface area (Å²) in [5, 5.41) is 10.2. The average Bonchev–Trinajstić information content (AvgIpc) is 3.00. The Labute approximate surface area is 164 Å². The minimum atomic E-state index is -0.118. The smallest absolute Gasteiger partial charge is 0.141 e. The number of aliphatic hydroxyl groups is 1. The average molecular weight is 359 g/mol. The molecule has 6 unspecified atom stereocenters. The van der Waals surface area contributed by atoms with Gasteiger partial charge in [-0.1, -0.05) is 43.7 Å². The molecule has 1 heterocycles. The van der Waals surface area contributed by atoms with Gasteiger partial charge in [-0.25, -0.2) is 0 Å². The zero-order valence-corrected chi connectivity index (χ0v) is 16.6. The molecule has 3 heteroatoms. The van der Waals surface area contributed by atoms with Gasteiger partial charge in [0.15, 0.2) is 0 Å². The first-order valence-electron chi connectivity index (χ1n) is 10.7. The summed E-state index contributed by atoms with van der Waals surface area (Å²) < 4.78 is 0. The van der Waals surface area contributed by atoms with Gasteiger partial charge >= 0.3 is 0 Å². The molecule has 0 aromatic carbocycles. The molecule has 27 heavy (non-hydrogen) atoms. The minimum absolute atomic E-state index is 0.118. The number of aliphatic hydroxyl groups excluding tert-OH is 1. The van der Waals surface area contributed by atoms with Gasteiger partial charge in [0.1, 0.15) is 7.85 Å². The summed E-state index contributed by atoms with van der Waals surface area (Å²) in [5.74, 6) is 2.27. The molecule has 2 nitrogen and oxygen atoms in total. The first kappa shape index (κ1) is 17.7. The van der Waals surface area contributed by atoms with Crippen LogP contribution in [0.4, 0.5) is 0 Å². The summed E-state index contributed by atoms with van der Waals surface area (Å²) in [6, 6.07) is 4.08. The Morgan fingerprint density at radius 1 is 1.04 bits per heavy atom. The van der Waals surface area contributed by atoms with E-state index in [1.807, 2.05) is 12.3 Å². The molecule has 140 valence electrons. The lowest BCUT2D eigenvalue weighted by Gasteiger charge is -2.57. The second-order valence-electron chi connectivity index (χ2n) is 9.94. The highest BCUT2D eigenvalue weighted by molar-refractivity contribution is 6.30. The topological polar surface area (TPSA) is 33.1 Å². The van der Waals surface area contributed by atoms with Crippen LogP contribution in [-0.4, -0.2) is 24.0 Å². The molecule has 0 aliphatic heterocycles. The number of aromatic nitrogens is 1. The van der Waals surface area contributed by atoms with Crippen molar-refractivity contribution in [1.29, 1.82) is 0 Å². The molecule has 4 aliphatic carbocycles. The molecule has 0 saturated heterocycles. The van der Waals surface area contributed by atoms with E-state index < -0.39 is 0 Å². The van der Waals surface area contributed by atoms with Crippen LogP contribution in [0.3, 0.4) is 0 Å². The maximum atomic E-state index is 10.2. The van der Waals surface area contributed by atoms with Crippen molar-refractivity contribution in [2.75, 3.05) is 0 Å². The van der Waals surface area contributed by atoms with Crippen molar-refractivity contribution in [2.45, 2.75) is 64.9 Å². The van der Waals surface area contributed by atoms with E-state index in [0.717, 1.165) is 37.0 Å². The SMILES string of the molecule is [B]c1ccc(C2=CCC3C4CC=C5CC(O)CCC5(C)C4CCC23C)cn1. The predicted octanol–water partition coefficient (Wildman–Crippen LogP) is 4.19. The summed E-state index contributed by atoms with van der Waals surface area (Å²) in [6.45, 7) is 4.99. The van der Waals surface area contributed by atoms with E-state index in [9.17, 15) is 5.11 Å². The number of hydrogen-bond donors (Lipinski definition) is 1. The molecule has 1 aromatic heterocycles. The standard InChI is InChI=1S/C24H30BNO/c1-23-11-9-17(27)13-16(23)4-5-18-20-7-6-19(15-3-8-22(25)26-14-15)24(20,2)12-10-21(18)23/h3-4,6,8,14,17-18,20-21,27H,5,7,9-13H2,1-2H3. The summed E-state index contributed by atoms with van der Waals surface area (Å²) in [4.78, 5) is 4.35. The molecule has 2 fully saturated rings. The quantitative estimate of drug-likeness (QED) is 0.602. The zero-order valence-electron chi connectivity index (χ0n) is 16.6. The van der Waals surface area contributed by atoms with Gasteiger partial charge < -0.3 is 5.11 Å². The van der Waals surface area contributed by atoms with E-state index in [1.54, 1.807) is 5.57 Å². The Hall–Kier alpha value is -1.35. The van der Waals surface area contributed by atoms with Gasteiger partial charge in [0, 0.05) is 6.20 Å². The minimum Gasteiger partial charge on any atom is -0.393 e. The molecule has 0 amide bonds. The lowest BCUT2D eigenvalue weighted by Crippen LogP contribution is -2.49. The van der Waals surface area contributed by atoms with Gasteiger partial charge in [-0.3, -0.25) is 4.98 Å². The van der Waals surface area contributed by atoms with Crippen molar-refractivity contribution >= 4 is 19.0 Å². The summed E-state index contributed by atoms with van der Waals surface area (Å²) in [5.41, 5.74) is 5.48. The number of fused-ring (bicyclic) bond motifs is 5. The molecule has 1 N–H and O–H groups in total. The third kappa shape index (κ3) is 2.53. The predicted molar refractivity (Wildman–Crippen MR) is 111 cm³/mol. The van der Waals surface area contributed by atoms with Gasteiger partial charge in [-0.2, -0.15) is 0 Å². The highest BCUT2D eigenvalue weighted by Crippen LogP contribution is 2.66. The monoisotopic (exact) mass is 359 g/mol. The van der Waals surface area contributed by atoms with Crippen molar-refractivity contribution in [3.63, 3.8) is 0 Å². The van der Waals surface area contributed by atoms with Crippen LogP contribution in [0.25, 0.3) is 5.57 Å². The van der Waals surface area contributed by atoms with Gasteiger partial charge in [-0.15, -0.1) is 0 Å². The molecule has 0 spiro atoms. The van der Waals surface area contributed by atoms with E-state index in [4.69, 9.17) is 7.85 Å². The lowest BCUT2D eigenvalue weighted by atomic mass is 9.47. The first-order chi connectivity index (χ1) is 12.9. The number of rotatable bonds is 1. The highest BCUT2D eigenvalue weighted by Gasteiger charge is 2.56. The van der Waals surface area contributed by atoms with Crippen LogP contribution >= 0.6 is 0 Å². The van der Waals surface area contributed by atoms with Crippen LogP contribution < -0.4 is 5.59 Å². The van der Waals surface area contributed by atoms with Crippen molar-refractivity contribution in [1.82, 2.24) is 4.98 Å². The molecular weight excluding hydrogens is 329 g/mol. The maximum Gasteiger partial charge on any atom is 0.141 e. The van der Waals surface area contributed by atoms with E-state index in [1.165, 1.54) is 36.8 Å². The lowest BCUT2D eigenvalue weighted by molar-refractivity contribution is -0.0238. The Kier molecular flexibility index (Phi) is 3.99. The Morgan fingerprint density at radius 3 is 2.63 bits per heavy atom. The number of hydrogen-bond acceptors (Lipinski definition) is 2. The fourth-order valence-corrected chi connectivity index (χ4v) is 7.22. The third-order valence-electron chi connectivity index (χ3n) is 8.76. The Morgan fingerprint density at radius 2 is 1.85 bits per heavy atom. The zero-order chi connectivity index (χ0) is 18.8.